The Morgan fingerprint density at radius 2 is 2.18 bits per heavy atom. The molecule has 17 heavy (non-hydrogen) atoms. The standard InChI is InChI=1S/C13H20N2O2/c1-9-3-4-12(5-10(9)2)17-13-11(7-16)6-14-8-15-13/h6,8-10,12,16H,3-5,7H2,1-2H3. The molecule has 1 fully saturated rings. The molecule has 1 aromatic rings. The van der Waals surface area contributed by atoms with E-state index in [-0.39, 0.29) is 12.7 Å². The third kappa shape index (κ3) is 2.94. The van der Waals surface area contributed by atoms with Gasteiger partial charge in [0.25, 0.3) is 0 Å². The maximum absolute atomic E-state index is 9.18. The van der Waals surface area contributed by atoms with Crippen molar-refractivity contribution >= 4 is 0 Å². The molecular weight excluding hydrogens is 216 g/mol. The number of aromatic nitrogens is 2. The lowest BCUT2D eigenvalue weighted by Gasteiger charge is -2.32. The summed E-state index contributed by atoms with van der Waals surface area (Å²) >= 11 is 0. The highest BCUT2D eigenvalue weighted by Crippen LogP contribution is 2.31. The van der Waals surface area contributed by atoms with Gasteiger partial charge in [0.1, 0.15) is 12.4 Å². The molecule has 0 radical (unpaired) electrons. The van der Waals surface area contributed by atoms with Gasteiger partial charge in [0.2, 0.25) is 5.88 Å². The van der Waals surface area contributed by atoms with E-state index in [9.17, 15) is 5.11 Å². The Balaban J connectivity index is 2.01. The van der Waals surface area contributed by atoms with Gasteiger partial charge in [-0.2, -0.15) is 0 Å². The molecule has 1 N–H and O–H groups in total. The molecule has 4 nitrogen and oxygen atoms in total. The lowest BCUT2D eigenvalue weighted by molar-refractivity contribution is 0.0935. The second-order valence-electron chi connectivity index (χ2n) is 5.02. The predicted molar refractivity (Wildman–Crippen MR) is 64.5 cm³/mol. The summed E-state index contributed by atoms with van der Waals surface area (Å²) in [5.41, 5.74) is 0.666. The first-order valence-electron chi connectivity index (χ1n) is 6.27. The zero-order chi connectivity index (χ0) is 12.3. The maximum atomic E-state index is 9.18. The lowest BCUT2D eigenvalue weighted by Crippen LogP contribution is -2.29. The first-order valence-corrected chi connectivity index (χ1v) is 6.27. The van der Waals surface area contributed by atoms with Crippen LogP contribution < -0.4 is 4.74 Å². The molecule has 3 atom stereocenters. The van der Waals surface area contributed by atoms with Gasteiger partial charge in [-0.15, -0.1) is 0 Å². The van der Waals surface area contributed by atoms with Gasteiger partial charge >= 0.3 is 0 Å². The normalized spacial score (nSPS) is 29.0. The average Bonchev–Trinajstić information content (AvgIpc) is 2.34. The van der Waals surface area contributed by atoms with Crippen LogP contribution in [0.25, 0.3) is 0 Å². The van der Waals surface area contributed by atoms with Crippen molar-refractivity contribution in [3.8, 4) is 5.88 Å². The minimum absolute atomic E-state index is 0.0746. The smallest absolute Gasteiger partial charge is 0.222 e. The van der Waals surface area contributed by atoms with Crippen molar-refractivity contribution in [2.75, 3.05) is 0 Å². The predicted octanol–water partition coefficient (Wildman–Crippen LogP) is 2.17. The van der Waals surface area contributed by atoms with Gasteiger partial charge in [0.15, 0.2) is 0 Å². The van der Waals surface area contributed by atoms with Crippen molar-refractivity contribution in [2.45, 2.75) is 45.8 Å². The topological polar surface area (TPSA) is 55.2 Å². The molecule has 0 saturated heterocycles. The molecule has 2 rings (SSSR count). The summed E-state index contributed by atoms with van der Waals surface area (Å²) < 4.78 is 5.88. The maximum Gasteiger partial charge on any atom is 0.222 e. The van der Waals surface area contributed by atoms with E-state index < -0.39 is 0 Å². The second kappa shape index (κ2) is 5.45. The Morgan fingerprint density at radius 3 is 2.88 bits per heavy atom. The van der Waals surface area contributed by atoms with Gasteiger partial charge in [0, 0.05) is 6.20 Å². The van der Waals surface area contributed by atoms with Crippen molar-refractivity contribution in [2.24, 2.45) is 11.8 Å². The molecule has 0 bridgehead atoms. The summed E-state index contributed by atoms with van der Waals surface area (Å²) in [4.78, 5) is 7.98. The van der Waals surface area contributed by atoms with Crippen LogP contribution in [-0.4, -0.2) is 21.2 Å². The van der Waals surface area contributed by atoms with E-state index in [4.69, 9.17) is 4.74 Å². The van der Waals surface area contributed by atoms with E-state index in [2.05, 4.69) is 23.8 Å². The third-order valence-electron chi connectivity index (χ3n) is 3.75. The van der Waals surface area contributed by atoms with Gasteiger partial charge < -0.3 is 9.84 Å². The van der Waals surface area contributed by atoms with E-state index in [0.29, 0.717) is 17.4 Å². The molecule has 0 spiro atoms. The number of aliphatic hydroxyl groups excluding tert-OH is 1. The molecule has 1 heterocycles. The Bertz CT molecular complexity index is 370. The molecule has 1 aliphatic carbocycles. The van der Waals surface area contributed by atoms with Crippen LogP contribution in [0.5, 0.6) is 5.88 Å². The van der Waals surface area contributed by atoms with E-state index in [0.717, 1.165) is 18.8 Å². The Hall–Kier alpha value is -1.16. The van der Waals surface area contributed by atoms with Crippen LogP contribution in [0.15, 0.2) is 12.5 Å². The van der Waals surface area contributed by atoms with Crippen molar-refractivity contribution in [1.29, 1.82) is 0 Å². The minimum atomic E-state index is -0.0746. The molecule has 1 saturated carbocycles. The fraction of sp³-hybridized carbons (Fsp3) is 0.692. The first-order chi connectivity index (χ1) is 8.20. The van der Waals surface area contributed by atoms with Crippen molar-refractivity contribution < 1.29 is 9.84 Å². The molecule has 94 valence electrons. The number of hydrogen-bond donors (Lipinski definition) is 1. The minimum Gasteiger partial charge on any atom is -0.474 e. The van der Waals surface area contributed by atoms with Crippen LogP contribution in [-0.2, 0) is 6.61 Å². The van der Waals surface area contributed by atoms with Crippen LogP contribution >= 0.6 is 0 Å². The highest BCUT2D eigenvalue weighted by Gasteiger charge is 2.26. The summed E-state index contributed by atoms with van der Waals surface area (Å²) in [5.74, 6) is 2.00. The molecular formula is C13H20N2O2. The van der Waals surface area contributed by atoms with Crippen LogP contribution in [0, 0.1) is 11.8 Å². The molecule has 1 aliphatic rings. The summed E-state index contributed by atoms with van der Waals surface area (Å²) in [7, 11) is 0. The van der Waals surface area contributed by atoms with Crippen LogP contribution in [0.2, 0.25) is 0 Å². The summed E-state index contributed by atoms with van der Waals surface area (Å²) in [6.07, 6.45) is 6.63. The summed E-state index contributed by atoms with van der Waals surface area (Å²) in [5, 5.41) is 9.18. The van der Waals surface area contributed by atoms with E-state index in [1.54, 1.807) is 6.20 Å². The van der Waals surface area contributed by atoms with Crippen LogP contribution in [0.3, 0.4) is 0 Å². The van der Waals surface area contributed by atoms with E-state index in [1.807, 2.05) is 0 Å². The number of aliphatic hydroxyl groups is 1. The van der Waals surface area contributed by atoms with Gasteiger partial charge in [-0.1, -0.05) is 13.8 Å². The Morgan fingerprint density at radius 1 is 1.35 bits per heavy atom. The molecule has 4 heteroatoms. The zero-order valence-corrected chi connectivity index (χ0v) is 10.5. The fourth-order valence-corrected chi connectivity index (χ4v) is 2.32. The number of rotatable bonds is 3. The summed E-state index contributed by atoms with van der Waals surface area (Å²) in [6.45, 7) is 4.49. The van der Waals surface area contributed by atoms with Crippen molar-refractivity contribution in [3.63, 3.8) is 0 Å². The highest BCUT2D eigenvalue weighted by atomic mass is 16.5. The average molecular weight is 236 g/mol. The molecule has 3 unspecified atom stereocenters. The number of ether oxygens (including phenoxy) is 1. The quantitative estimate of drug-likeness (QED) is 0.874. The molecule has 0 aromatic carbocycles. The third-order valence-corrected chi connectivity index (χ3v) is 3.75. The van der Waals surface area contributed by atoms with Crippen molar-refractivity contribution in [1.82, 2.24) is 9.97 Å². The van der Waals surface area contributed by atoms with Crippen LogP contribution in [0.1, 0.15) is 38.7 Å². The molecule has 0 aliphatic heterocycles. The van der Waals surface area contributed by atoms with Gasteiger partial charge in [-0.05, 0) is 31.1 Å². The van der Waals surface area contributed by atoms with E-state index >= 15 is 0 Å². The van der Waals surface area contributed by atoms with Crippen LogP contribution in [0.4, 0.5) is 0 Å². The van der Waals surface area contributed by atoms with Gasteiger partial charge in [-0.25, -0.2) is 9.97 Å². The molecule has 1 aromatic heterocycles. The zero-order valence-electron chi connectivity index (χ0n) is 10.5. The highest BCUT2D eigenvalue weighted by molar-refractivity contribution is 5.21. The second-order valence-corrected chi connectivity index (χ2v) is 5.02. The van der Waals surface area contributed by atoms with Crippen molar-refractivity contribution in [3.05, 3.63) is 18.1 Å². The Labute approximate surface area is 102 Å². The van der Waals surface area contributed by atoms with E-state index in [1.165, 1.54) is 12.7 Å². The Kier molecular flexibility index (Phi) is 3.94. The lowest BCUT2D eigenvalue weighted by atomic mass is 9.80. The summed E-state index contributed by atoms with van der Waals surface area (Å²) in [6, 6.07) is 0. The number of hydrogen-bond acceptors (Lipinski definition) is 4. The molecule has 0 amide bonds. The van der Waals surface area contributed by atoms with Gasteiger partial charge in [0.05, 0.1) is 12.2 Å². The monoisotopic (exact) mass is 236 g/mol. The number of nitrogens with zero attached hydrogens (tertiary/aromatic N) is 2. The van der Waals surface area contributed by atoms with Gasteiger partial charge in [-0.3, -0.25) is 0 Å². The SMILES string of the molecule is CC1CCC(Oc2ncncc2CO)CC1C. The largest absolute Gasteiger partial charge is 0.474 e. The first kappa shape index (κ1) is 12.3. The fourth-order valence-electron chi connectivity index (χ4n) is 2.32.